The van der Waals surface area contributed by atoms with Crippen LogP contribution in [0, 0.1) is 0 Å². The van der Waals surface area contributed by atoms with Crippen LogP contribution in [0.25, 0.3) is 10.1 Å². The van der Waals surface area contributed by atoms with E-state index in [0.29, 0.717) is 52.6 Å². The number of amides is 2. The first-order chi connectivity index (χ1) is 14.4. The molecule has 6 nitrogen and oxygen atoms in total. The summed E-state index contributed by atoms with van der Waals surface area (Å²) in [5.41, 5.74) is 2.12. The Morgan fingerprint density at radius 3 is 2.57 bits per heavy atom. The Balaban J connectivity index is 1.67. The summed E-state index contributed by atoms with van der Waals surface area (Å²) in [5.74, 6) is -0.449. The van der Waals surface area contributed by atoms with Crippen LogP contribution in [0.3, 0.4) is 0 Å². The maximum atomic E-state index is 13.1. The molecule has 3 aromatic rings. The van der Waals surface area contributed by atoms with Gasteiger partial charge in [0.05, 0.1) is 29.6 Å². The van der Waals surface area contributed by atoms with Gasteiger partial charge in [-0.25, -0.2) is 0 Å². The number of nitrogens with one attached hydrogen (secondary N) is 2. The number of morpholine rings is 1. The van der Waals surface area contributed by atoms with Gasteiger partial charge in [-0.2, -0.15) is 0 Å². The van der Waals surface area contributed by atoms with Crippen LogP contribution in [0.15, 0.2) is 36.4 Å². The highest BCUT2D eigenvalue weighted by Crippen LogP contribution is 2.38. The van der Waals surface area contributed by atoms with Crippen molar-refractivity contribution in [1.29, 1.82) is 0 Å². The van der Waals surface area contributed by atoms with Crippen molar-refractivity contribution in [2.45, 2.75) is 6.92 Å². The quantitative estimate of drug-likeness (QED) is 0.553. The zero-order chi connectivity index (χ0) is 21.3. The van der Waals surface area contributed by atoms with E-state index in [4.69, 9.17) is 27.9 Å². The van der Waals surface area contributed by atoms with Gasteiger partial charge in [-0.3, -0.25) is 9.59 Å². The number of hydrogen-bond donors (Lipinski definition) is 2. The summed E-state index contributed by atoms with van der Waals surface area (Å²) in [7, 11) is 0. The molecule has 1 aliphatic heterocycles. The van der Waals surface area contributed by atoms with Crippen LogP contribution in [0.2, 0.25) is 10.0 Å². The van der Waals surface area contributed by atoms with Gasteiger partial charge in [0.15, 0.2) is 0 Å². The molecule has 4 rings (SSSR count). The standard InChI is InChI=1S/C21H19Cl2N3O3S/c1-12(27)24-14-3-5-16(17(11-14)26-6-8-29-9-7-26)25-21(28)20-19(23)15-4-2-13(22)10-18(15)30-20/h2-5,10-11H,6-9H2,1H3,(H,24,27)(H,25,28). The largest absolute Gasteiger partial charge is 0.378 e. The Morgan fingerprint density at radius 1 is 1.07 bits per heavy atom. The molecule has 0 unspecified atom stereocenters. The van der Waals surface area contributed by atoms with E-state index in [2.05, 4.69) is 15.5 Å². The molecule has 0 spiro atoms. The second-order valence-corrected chi connectivity index (χ2v) is 8.72. The minimum absolute atomic E-state index is 0.157. The maximum Gasteiger partial charge on any atom is 0.267 e. The number of fused-ring (bicyclic) bond motifs is 1. The van der Waals surface area contributed by atoms with E-state index in [0.717, 1.165) is 15.8 Å². The van der Waals surface area contributed by atoms with Gasteiger partial charge in [0.2, 0.25) is 5.91 Å². The minimum atomic E-state index is -0.292. The first kappa shape index (κ1) is 20.9. The molecular formula is C21H19Cl2N3O3S. The molecule has 2 amide bonds. The summed E-state index contributed by atoms with van der Waals surface area (Å²) >= 11 is 13.8. The van der Waals surface area contributed by atoms with Gasteiger partial charge in [0.25, 0.3) is 5.91 Å². The number of ether oxygens (including phenoxy) is 1. The summed E-state index contributed by atoms with van der Waals surface area (Å²) in [4.78, 5) is 27.1. The smallest absolute Gasteiger partial charge is 0.267 e. The van der Waals surface area contributed by atoms with Crippen LogP contribution in [0.1, 0.15) is 16.6 Å². The normalized spacial score (nSPS) is 14.0. The van der Waals surface area contributed by atoms with E-state index < -0.39 is 0 Å². The fourth-order valence-corrected chi connectivity index (χ4v) is 5.04. The topological polar surface area (TPSA) is 70.7 Å². The van der Waals surface area contributed by atoms with Gasteiger partial charge in [-0.15, -0.1) is 11.3 Å². The molecule has 1 saturated heterocycles. The van der Waals surface area contributed by atoms with Crippen LogP contribution in [0.5, 0.6) is 0 Å². The van der Waals surface area contributed by atoms with E-state index in [-0.39, 0.29) is 11.8 Å². The van der Waals surface area contributed by atoms with Gasteiger partial charge >= 0.3 is 0 Å². The van der Waals surface area contributed by atoms with Gasteiger partial charge in [-0.05, 0) is 30.3 Å². The van der Waals surface area contributed by atoms with Crippen molar-refractivity contribution >= 4 is 73.5 Å². The number of thiophene rings is 1. The van der Waals surface area contributed by atoms with E-state index >= 15 is 0 Å². The SMILES string of the molecule is CC(=O)Nc1ccc(NC(=O)c2sc3cc(Cl)ccc3c2Cl)c(N2CCOCC2)c1. The minimum Gasteiger partial charge on any atom is -0.378 e. The number of carbonyl (C=O) groups is 2. The molecule has 1 fully saturated rings. The van der Waals surface area contributed by atoms with Crippen molar-refractivity contribution in [2.24, 2.45) is 0 Å². The van der Waals surface area contributed by atoms with Crippen LogP contribution < -0.4 is 15.5 Å². The predicted molar refractivity (Wildman–Crippen MR) is 124 cm³/mol. The number of nitrogens with zero attached hydrogens (tertiary/aromatic N) is 1. The lowest BCUT2D eigenvalue weighted by molar-refractivity contribution is -0.114. The molecule has 0 saturated carbocycles. The van der Waals surface area contributed by atoms with E-state index in [1.54, 1.807) is 24.3 Å². The number of carbonyl (C=O) groups excluding carboxylic acids is 2. The number of halogens is 2. The summed E-state index contributed by atoms with van der Waals surface area (Å²) in [6.45, 7) is 4.03. The molecule has 0 atom stereocenters. The van der Waals surface area contributed by atoms with Crippen LogP contribution in [-0.4, -0.2) is 38.1 Å². The summed E-state index contributed by atoms with van der Waals surface area (Å²) in [6.07, 6.45) is 0. The summed E-state index contributed by atoms with van der Waals surface area (Å²) < 4.78 is 6.29. The molecule has 9 heteroatoms. The summed E-state index contributed by atoms with van der Waals surface area (Å²) in [5, 5.41) is 7.57. The average Bonchev–Trinajstić information content (AvgIpc) is 3.05. The van der Waals surface area contributed by atoms with E-state index in [1.807, 2.05) is 12.1 Å². The molecule has 30 heavy (non-hydrogen) atoms. The lowest BCUT2D eigenvalue weighted by atomic mass is 10.2. The third kappa shape index (κ3) is 4.39. The maximum absolute atomic E-state index is 13.1. The van der Waals surface area contributed by atoms with E-state index in [9.17, 15) is 9.59 Å². The number of hydrogen-bond acceptors (Lipinski definition) is 5. The molecule has 2 aromatic carbocycles. The first-order valence-corrected chi connectivity index (χ1v) is 10.9. The van der Waals surface area contributed by atoms with Crippen LogP contribution >= 0.6 is 34.5 Å². The molecule has 0 bridgehead atoms. The Morgan fingerprint density at radius 2 is 1.83 bits per heavy atom. The monoisotopic (exact) mass is 463 g/mol. The van der Waals surface area contributed by atoms with Crippen molar-refractivity contribution in [3.05, 3.63) is 51.3 Å². The lowest BCUT2D eigenvalue weighted by Gasteiger charge is -2.31. The second-order valence-electron chi connectivity index (χ2n) is 6.85. The average molecular weight is 464 g/mol. The Hall–Kier alpha value is -2.32. The molecule has 1 aromatic heterocycles. The van der Waals surface area contributed by atoms with Crippen molar-refractivity contribution in [2.75, 3.05) is 41.8 Å². The fourth-order valence-electron chi connectivity index (χ4n) is 3.35. The van der Waals surface area contributed by atoms with Crippen LogP contribution in [-0.2, 0) is 9.53 Å². The summed E-state index contributed by atoms with van der Waals surface area (Å²) in [6, 6.07) is 10.8. The molecular weight excluding hydrogens is 445 g/mol. The number of benzene rings is 2. The van der Waals surface area contributed by atoms with Gasteiger partial charge in [0.1, 0.15) is 4.88 Å². The highest BCUT2D eigenvalue weighted by Gasteiger charge is 2.21. The predicted octanol–water partition coefficient (Wildman–Crippen LogP) is 5.26. The molecule has 2 heterocycles. The molecule has 156 valence electrons. The Bertz CT molecular complexity index is 1130. The highest BCUT2D eigenvalue weighted by atomic mass is 35.5. The van der Waals surface area contributed by atoms with Crippen LogP contribution in [0.4, 0.5) is 17.1 Å². The number of anilines is 3. The molecule has 0 radical (unpaired) electrons. The van der Waals surface area contributed by atoms with E-state index in [1.165, 1.54) is 18.3 Å². The lowest BCUT2D eigenvalue weighted by Crippen LogP contribution is -2.36. The fraction of sp³-hybridized carbons (Fsp3) is 0.238. The Kier molecular flexibility index (Phi) is 6.15. The first-order valence-electron chi connectivity index (χ1n) is 9.35. The third-order valence-electron chi connectivity index (χ3n) is 4.72. The molecule has 2 N–H and O–H groups in total. The molecule has 1 aliphatic rings. The van der Waals surface area contributed by atoms with Crippen molar-refractivity contribution < 1.29 is 14.3 Å². The van der Waals surface area contributed by atoms with Crippen molar-refractivity contribution in [3.63, 3.8) is 0 Å². The zero-order valence-corrected chi connectivity index (χ0v) is 18.5. The van der Waals surface area contributed by atoms with Gasteiger partial charge < -0.3 is 20.3 Å². The zero-order valence-electron chi connectivity index (χ0n) is 16.1. The third-order valence-corrected chi connectivity index (χ3v) is 6.61. The van der Waals surface area contributed by atoms with Gasteiger partial charge in [0, 0.05) is 40.8 Å². The second kappa shape index (κ2) is 8.81. The van der Waals surface area contributed by atoms with Gasteiger partial charge in [-0.1, -0.05) is 29.3 Å². The van der Waals surface area contributed by atoms with Crippen molar-refractivity contribution in [3.8, 4) is 0 Å². The molecule has 0 aliphatic carbocycles. The van der Waals surface area contributed by atoms with Crippen molar-refractivity contribution in [1.82, 2.24) is 0 Å². The highest BCUT2D eigenvalue weighted by molar-refractivity contribution is 7.21. The number of rotatable bonds is 4. The Labute approximate surface area is 187 Å².